The van der Waals surface area contributed by atoms with Crippen molar-refractivity contribution in [2.24, 2.45) is 0 Å². The highest BCUT2D eigenvalue weighted by Crippen LogP contribution is 2.11. The monoisotopic (exact) mass is 255 g/mol. The predicted molar refractivity (Wildman–Crippen MR) is 70.7 cm³/mol. The molecule has 6 heteroatoms. The molecule has 3 N–H and O–H groups in total. The van der Waals surface area contributed by atoms with Gasteiger partial charge in [-0.25, -0.2) is 9.97 Å². The lowest BCUT2D eigenvalue weighted by atomic mass is 10.2. The standard InChI is InChI=1S/C13H13N5O/c19-13(16-4-3-12-14-5-6-15-12)9-1-2-10-11(7-9)18-8-17-10/h1-2,5-8H,3-4H2,(H,14,15)(H,16,19)(H,17,18). The Hall–Kier alpha value is -2.63. The van der Waals surface area contributed by atoms with Crippen LogP contribution in [-0.4, -0.2) is 32.4 Å². The van der Waals surface area contributed by atoms with E-state index in [0.29, 0.717) is 18.5 Å². The van der Waals surface area contributed by atoms with Gasteiger partial charge in [0, 0.05) is 30.9 Å². The van der Waals surface area contributed by atoms with E-state index in [-0.39, 0.29) is 5.91 Å². The van der Waals surface area contributed by atoms with Crippen molar-refractivity contribution < 1.29 is 4.79 Å². The van der Waals surface area contributed by atoms with E-state index >= 15 is 0 Å². The van der Waals surface area contributed by atoms with Crippen LogP contribution in [0.2, 0.25) is 0 Å². The molecule has 96 valence electrons. The number of hydrogen-bond acceptors (Lipinski definition) is 3. The predicted octanol–water partition coefficient (Wildman–Crippen LogP) is 1.26. The molecule has 0 bridgehead atoms. The van der Waals surface area contributed by atoms with Crippen molar-refractivity contribution in [1.82, 2.24) is 25.3 Å². The van der Waals surface area contributed by atoms with Gasteiger partial charge in [-0.3, -0.25) is 4.79 Å². The number of H-pyrrole nitrogens is 2. The fourth-order valence-electron chi connectivity index (χ4n) is 1.91. The molecule has 0 fully saturated rings. The number of aromatic nitrogens is 4. The first-order valence-electron chi connectivity index (χ1n) is 6.02. The first-order chi connectivity index (χ1) is 9.33. The zero-order chi connectivity index (χ0) is 13.1. The van der Waals surface area contributed by atoms with Gasteiger partial charge in [-0.1, -0.05) is 0 Å². The SMILES string of the molecule is O=C(NCCc1ncc[nH]1)c1ccc2nc[nH]c2c1. The summed E-state index contributed by atoms with van der Waals surface area (Å²) in [6.45, 7) is 0.549. The highest BCUT2D eigenvalue weighted by molar-refractivity contribution is 5.97. The van der Waals surface area contributed by atoms with Crippen LogP contribution < -0.4 is 5.32 Å². The second kappa shape index (κ2) is 4.93. The Morgan fingerprint density at radius 2 is 2.21 bits per heavy atom. The Morgan fingerprint density at radius 3 is 3.05 bits per heavy atom. The maximum Gasteiger partial charge on any atom is 0.251 e. The first-order valence-corrected chi connectivity index (χ1v) is 6.02. The molecule has 6 nitrogen and oxygen atoms in total. The van der Waals surface area contributed by atoms with Gasteiger partial charge in [-0.2, -0.15) is 0 Å². The Labute approximate surface area is 109 Å². The third-order valence-electron chi connectivity index (χ3n) is 2.88. The maximum absolute atomic E-state index is 12.0. The fraction of sp³-hybridized carbons (Fsp3) is 0.154. The number of amides is 1. The van der Waals surface area contributed by atoms with Gasteiger partial charge >= 0.3 is 0 Å². The molecule has 19 heavy (non-hydrogen) atoms. The van der Waals surface area contributed by atoms with Crippen molar-refractivity contribution in [1.29, 1.82) is 0 Å². The van der Waals surface area contributed by atoms with E-state index < -0.39 is 0 Å². The van der Waals surface area contributed by atoms with Crippen LogP contribution in [-0.2, 0) is 6.42 Å². The van der Waals surface area contributed by atoms with Crippen LogP contribution in [0.15, 0.2) is 36.9 Å². The summed E-state index contributed by atoms with van der Waals surface area (Å²) in [6.07, 6.45) is 5.76. The van der Waals surface area contributed by atoms with Crippen molar-refractivity contribution in [2.75, 3.05) is 6.54 Å². The minimum absolute atomic E-state index is 0.0944. The van der Waals surface area contributed by atoms with Gasteiger partial charge in [-0.15, -0.1) is 0 Å². The minimum atomic E-state index is -0.0944. The molecule has 0 saturated carbocycles. The van der Waals surface area contributed by atoms with Gasteiger partial charge in [-0.05, 0) is 18.2 Å². The third-order valence-corrected chi connectivity index (χ3v) is 2.88. The van der Waals surface area contributed by atoms with E-state index in [1.165, 1.54) is 0 Å². The summed E-state index contributed by atoms with van der Waals surface area (Å²) in [5.74, 6) is 0.771. The highest BCUT2D eigenvalue weighted by atomic mass is 16.1. The average molecular weight is 255 g/mol. The van der Waals surface area contributed by atoms with E-state index in [2.05, 4.69) is 25.3 Å². The van der Waals surface area contributed by atoms with Crippen LogP contribution in [0.4, 0.5) is 0 Å². The number of rotatable bonds is 4. The molecule has 0 unspecified atom stereocenters. The van der Waals surface area contributed by atoms with Crippen molar-refractivity contribution >= 4 is 16.9 Å². The van der Waals surface area contributed by atoms with E-state index in [1.807, 2.05) is 6.07 Å². The number of imidazole rings is 2. The van der Waals surface area contributed by atoms with Crippen LogP contribution in [0, 0.1) is 0 Å². The summed E-state index contributed by atoms with van der Waals surface area (Å²) in [7, 11) is 0. The van der Waals surface area contributed by atoms with Crippen LogP contribution in [0.3, 0.4) is 0 Å². The third kappa shape index (κ3) is 2.47. The molecule has 1 aromatic carbocycles. The zero-order valence-electron chi connectivity index (χ0n) is 10.2. The van der Waals surface area contributed by atoms with Crippen molar-refractivity contribution in [2.45, 2.75) is 6.42 Å². The second-order valence-corrected chi connectivity index (χ2v) is 4.18. The topological polar surface area (TPSA) is 86.5 Å². The Bertz CT molecular complexity index is 686. The minimum Gasteiger partial charge on any atom is -0.352 e. The Kier molecular flexibility index (Phi) is 2.97. The fourth-order valence-corrected chi connectivity index (χ4v) is 1.91. The Morgan fingerprint density at radius 1 is 1.26 bits per heavy atom. The number of nitrogens with zero attached hydrogens (tertiary/aromatic N) is 2. The molecule has 3 aromatic rings. The molecule has 0 aliphatic rings. The summed E-state index contributed by atoms with van der Waals surface area (Å²) < 4.78 is 0. The quantitative estimate of drug-likeness (QED) is 0.656. The Balaban J connectivity index is 1.63. The largest absolute Gasteiger partial charge is 0.352 e. The number of carbonyl (C=O) groups excluding carboxylic acids is 1. The van der Waals surface area contributed by atoms with E-state index in [9.17, 15) is 4.79 Å². The zero-order valence-corrected chi connectivity index (χ0v) is 10.2. The summed E-state index contributed by atoms with van der Waals surface area (Å²) in [5, 5.41) is 2.86. The van der Waals surface area contributed by atoms with Gasteiger partial charge < -0.3 is 15.3 Å². The molecule has 0 aliphatic carbocycles. The van der Waals surface area contributed by atoms with E-state index in [1.54, 1.807) is 30.9 Å². The average Bonchev–Trinajstić information content (AvgIpc) is 3.08. The van der Waals surface area contributed by atoms with Crippen molar-refractivity contribution in [3.8, 4) is 0 Å². The molecule has 2 heterocycles. The normalized spacial score (nSPS) is 10.7. The molecule has 3 rings (SSSR count). The maximum atomic E-state index is 12.0. The van der Waals surface area contributed by atoms with Gasteiger partial charge in [0.2, 0.25) is 0 Å². The van der Waals surface area contributed by atoms with Gasteiger partial charge in [0.15, 0.2) is 0 Å². The summed E-state index contributed by atoms with van der Waals surface area (Å²) in [6, 6.07) is 5.39. The molecule has 0 atom stereocenters. The van der Waals surface area contributed by atoms with Crippen molar-refractivity contribution in [3.63, 3.8) is 0 Å². The molecule has 1 amide bonds. The number of hydrogen-bond donors (Lipinski definition) is 3. The number of carbonyl (C=O) groups is 1. The number of benzene rings is 1. The number of aromatic amines is 2. The van der Waals surface area contributed by atoms with Crippen molar-refractivity contribution in [3.05, 3.63) is 48.3 Å². The van der Waals surface area contributed by atoms with Crippen LogP contribution in [0.5, 0.6) is 0 Å². The highest BCUT2D eigenvalue weighted by Gasteiger charge is 2.07. The summed E-state index contributed by atoms with van der Waals surface area (Å²) in [4.78, 5) is 26.2. The molecule has 0 aliphatic heterocycles. The smallest absolute Gasteiger partial charge is 0.251 e. The van der Waals surface area contributed by atoms with Gasteiger partial charge in [0.05, 0.1) is 17.4 Å². The summed E-state index contributed by atoms with van der Waals surface area (Å²) >= 11 is 0. The molecule has 2 aromatic heterocycles. The molecule has 0 spiro atoms. The van der Waals surface area contributed by atoms with E-state index in [4.69, 9.17) is 0 Å². The lowest BCUT2D eigenvalue weighted by Crippen LogP contribution is -2.25. The summed E-state index contributed by atoms with van der Waals surface area (Å²) in [5.41, 5.74) is 2.34. The molecule has 0 radical (unpaired) electrons. The first kappa shape index (κ1) is 11.5. The molecule has 0 saturated heterocycles. The van der Waals surface area contributed by atoms with Crippen LogP contribution in [0.1, 0.15) is 16.2 Å². The lowest BCUT2D eigenvalue weighted by Gasteiger charge is -2.04. The van der Waals surface area contributed by atoms with Crippen LogP contribution in [0.25, 0.3) is 11.0 Å². The molecular formula is C13H13N5O. The lowest BCUT2D eigenvalue weighted by molar-refractivity contribution is 0.0954. The number of nitrogens with one attached hydrogen (secondary N) is 3. The van der Waals surface area contributed by atoms with Gasteiger partial charge in [0.1, 0.15) is 5.82 Å². The molecular weight excluding hydrogens is 242 g/mol. The van der Waals surface area contributed by atoms with Crippen LogP contribution >= 0.6 is 0 Å². The number of fused-ring (bicyclic) bond motifs is 1. The van der Waals surface area contributed by atoms with E-state index in [0.717, 1.165) is 16.9 Å². The van der Waals surface area contributed by atoms with Gasteiger partial charge in [0.25, 0.3) is 5.91 Å². The second-order valence-electron chi connectivity index (χ2n) is 4.18.